The van der Waals surface area contributed by atoms with Gasteiger partial charge in [0.1, 0.15) is 6.04 Å². The van der Waals surface area contributed by atoms with E-state index in [1.54, 1.807) is 19.2 Å². The first kappa shape index (κ1) is 22.9. The Kier molecular flexibility index (Phi) is 5.23. The van der Waals surface area contributed by atoms with Crippen molar-refractivity contribution in [2.24, 2.45) is 5.41 Å². The quantitative estimate of drug-likeness (QED) is 0.623. The van der Waals surface area contributed by atoms with E-state index in [1.165, 1.54) is 20.7 Å². The van der Waals surface area contributed by atoms with Crippen LogP contribution in [0.3, 0.4) is 0 Å². The zero-order chi connectivity index (χ0) is 23.8. The number of carbonyl (C=O) groups excluding carboxylic acids is 1. The van der Waals surface area contributed by atoms with Crippen LogP contribution in [-0.2, 0) is 14.8 Å². The highest BCUT2D eigenvalue weighted by atomic mass is 32.2. The Bertz CT molecular complexity index is 1220. The van der Waals surface area contributed by atoms with Gasteiger partial charge in [0, 0.05) is 42.4 Å². The molecule has 1 atom stereocenters. The van der Waals surface area contributed by atoms with E-state index >= 15 is 0 Å². The molecular formula is C23H27F2N3O3S2. The molecule has 1 aromatic heterocycles. The smallest absolute Gasteiger partial charge is 0.254 e. The first-order chi connectivity index (χ1) is 15.5. The minimum atomic E-state index is -3.97. The van der Waals surface area contributed by atoms with Gasteiger partial charge < -0.3 is 4.90 Å². The van der Waals surface area contributed by atoms with Crippen molar-refractivity contribution in [2.45, 2.75) is 68.9 Å². The predicted octanol–water partition coefficient (Wildman–Crippen LogP) is 4.23. The molecule has 0 radical (unpaired) electrons. The predicted molar refractivity (Wildman–Crippen MR) is 122 cm³/mol. The van der Waals surface area contributed by atoms with Gasteiger partial charge in [-0.05, 0) is 68.8 Å². The van der Waals surface area contributed by atoms with Crippen LogP contribution in [0.5, 0.6) is 0 Å². The molecule has 1 saturated heterocycles. The molecule has 33 heavy (non-hydrogen) atoms. The number of hydrogen-bond acceptors (Lipinski definition) is 5. The molecule has 1 aliphatic heterocycles. The molecule has 6 nitrogen and oxygen atoms in total. The van der Waals surface area contributed by atoms with Crippen molar-refractivity contribution in [3.63, 3.8) is 0 Å². The van der Waals surface area contributed by atoms with E-state index in [1.807, 2.05) is 25.3 Å². The summed E-state index contributed by atoms with van der Waals surface area (Å²) in [6.45, 7) is 4.04. The number of aryl methyl sites for hydroxylation is 2. The summed E-state index contributed by atoms with van der Waals surface area (Å²) in [5, 5.41) is 1.87. The van der Waals surface area contributed by atoms with Crippen LogP contribution in [0.4, 0.5) is 8.78 Å². The van der Waals surface area contributed by atoms with E-state index in [0.717, 1.165) is 11.1 Å². The number of alkyl halides is 2. The molecular weight excluding hydrogens is 468 g/mol. The minimum absolute atomic E-state index is 0.102. The molecule has 0 N–H and O–H groups in total. The highest BCUT2D eigenvalue weighted by Gasteiger charge is 2.76. The molecule has 2 aliphatic carbocycles. The van der Waals surface area contributed by atoms with Crippen LogP contribution >= 0.6 is 11.5 Å². The first-order valence-corrected chi connectivity index (χ1v) is 13.4. The summed E-state index contributed by atoms with van der Waals surface area (Å²) in [5.41, 5.74) is 2.05. The lowest BCUT2D eigenvalue weighted by Gasteiger charge is -2.43. The third-order valence-electron chi connectivity index (χ3n) is 7.57. The molecule has 2 aromatic rings. The van der Waals surface area contributed by atoms with Crippen LogP contribution in [-0.4, -0.2) is 59.5 Å². The Morgan fingerprint density at radius 2 is 1.97 bits per heavy atom. The van der Waals surface area contributed by atoms with Gasteiger partial charge in [0.05, 0.1) is 10.6 Å². The number of likely N-dealkylation sites (N-methyl/N-ethyl adjacent to an activating group) is 1. The fourth-order valence-electron chi connectivity index (χ4n) is 5.36. The molecule has 2 saturated carbocycles. The summed E-state index contributed by atoms with van der Waals surface area (Å²) in [4.78, 5) is 14.9. The van der Waals surface area contributed by atoms with Crippen LogP contribution in [0.2, 0.25) is 0 Å². The summed E-state index contributed by atoms with van der Waals surface area (Å²) in [7, 11) is -2.36. The Hall–Kier alpha value is -1.91. The van der Waals surface area contributed by atoms with Gasteiger partial charge in [-0.3, -0.25) is 4.79 Å². The van der Waals surface area contributed by atoms with Crippen molar-refractivity contribution in [1.29, 1.82) is 0 Å². The monoisotopic (exact) mass is 495 g/mol. The van der Waals surface area contributed by atoms with E-state index in [9.17, 15) is 22.0 Å². The maximum Gasteiger partial charge on any atom is 0.254 e. The van der Waals surface area contributed by atoms with Crippen molar-refractivity contribution in [3.05, 3.63) is 34.7 Å². The molecule has 3 fully saturated rings. The number of benzene rings is 1. The summed E-state index contributed by atoms with van der Waals surface area (Å²) in [6, 6.07) is 4.08. The van der Waals surface area contributed by atoms with E-state index in [-0.39, 0.29) is 42.7 Å². The fourth-order valence-corrected chi connectivity index (χ4v) is 7.85. The summed E-state index contributed by atoms with van der Waals surface area (Å²) in [6.07, 6.45) is 1.47. The average Bonchev–Trinajstić information content (AvgIpc) is 3.12. The van der Waals surface area contributed by atoms with Crippen molar-refractivity contribution >= 4 is 27.5 Å². The third kappa shape index (κ3) is 3.52. The van der Waals surface area contributed by atoms with Crippen LogP contribution in [0.15, 0.2) is 28.5 Å². The maximum absolute atomic E-state index is 13.8. The molecule has 0 bridgehead atoms. The van der Waals surface area contributed by atoms with E-state index in [0.29, 0.717) is 24.1 Å². The highest BCUT2D eigenvalue weighted by molar-refractivity contribution is 7.89. The van der Waals surface area contributed by atoms with Crippen molar-refractivity contribution < 1.29 is 22.0 Å². The number of aromatic nitrogens is 1. The molecule has 0 unspecified atom stereocenters. The first-order valence-electron chi connectivity index (χ1n) is 11.2. The number of amides is 1. The number of halogens is 2. The van der Waals surface area contributed by atoms with Gasteiger partial charge in [0.2, 0.25) is 15.9 Å². The molecule has 1 aromatic carbocycles. The molecule has 5 rings (SSSR count). The SMILES string of the molecule is Cc1ccc(S(=O)(=O)N2CCC[C@H]2C(=O)N(C)C2CC3(C2)CC3(F)F)c(-c2nscc2C)c1. The van der Waals surface area contributed by atoms with Gasteiger partial charge in [-0.1, -0.05) is 11.6 Å². The Balaban J connectivity index is 1.41. The number of rotatable bonds is 5. The standard InChI is InChI=1S/C23H27F2N3O3S2/c1-14-6-7-19(17(9-14)20-15(2)12-32-26-20)33(30,31)28-8-4-5-18(28)21(29)27(3)16-10-22(11-16)13-23(22,24)25/h6-7,9,12,16,18H,4-5,8,10-11,13H2,1-3H3/t16?,18-,22?/m0/s1. The van der Waals surface area contributed by atoms with Gasteiger partial charge in [-0.25, -0.2) is 17.2 Å². The second-order valence-corrected chi connectivity index (χ2v) is 12.3. The van der Waals surface area contributed by atoms with Gasteiger partial charge in [0.25, 0.3) is 5.92 Å². The van der Waals surface area contributed by atoms with Crippen molar-refractivity contribution in [2.75, 3.05) is 13.6 Å². The fraction of sp³-hybridized carbons (Fsp3) is 0.565. The number of hydrogen-bond donors (Lipinski definition) is 0. The van der Waals surface area contributed by atoms with Crippen LogP contribution < -0.4 is 0 Å². The average molecular weight is 496 g/mol. The van der Waals surface area contributed by atoms with E-state index in [4.69, 9.17) is 0 Å². The van der Waals surface area contributed by atoms with Crippen LogP contribution in [0.1, 0.15) is 43.2 Å². The van der Waals surface area contributed by atoms with Crippen molar-refractivity contribution in [3.8, 4) is 11.3 Å². The molecule has 178 valence electrons. The number of sulfonamides is 1. The minimum Gasteiger partial charge on any atom is -0.341 e. The lowest BCUT2D eigenvalue weighted by Crippen LogP contribution is -2.54. The Labute approximate surface area is 196 Å². The van der Waals surface area contributed by atoms with Gasteiger partial charge in [0.15, 0.2) is 0 Å². The molecule has 1 amide bonds. The molecule has 1 spiro atoms. The highest BCUT2D eigenvalue weighted by Crippen LogP contribution is 2.71. The van der Waals surface area contributed by atoms with Gasteiger partial charge in [-0.2, -0.15) is 8.68 Å². The van der Waals surface area contributed by atoms with Gasteiger partial charge >= 0.3 is 0 Å². The second-order valence-electron chi connectivity index (χ2n) is 9.79. The largest absolute Gasteiger partial charge is 0.341 e. The second kappa shape index (κ2) is 7.55. The molecule has 3 aliphatic rings. The van der Waals surface area contributed by atoms with E-state index < -0.39 is 27.4 Å². The Morgan fingerprint density at radius 3 is 2.58 bits per heavy atom. The topological polar surface area (TPSA) is 70.6 Å². The number of carbonyl (C=O) groups is 1. The lowest BCUT2D eigenvalue weighted by molar-refractivity contribution is -0.140. The summed E-state index contributed by atoms with van der Waals surface area (Å²) < 4.78 is 60.5. The maximum atomic E-state index is 13.8. The van der Waals surface area contributed by atoms with Gasteiger partial charge in [-0.15, -0.1) is 0 Å². The third-order valence-corrected chi connectivity index (χ3v) is 10.3. The number of nitrogens with zero attached hydrogens (tertiary/aromatic N) is 3. The van der Waals surface area contributed by atoms with Crippen LogP contribution in [0.25, 0.3) is 11.3 Å². The van der Waals surface area contributed by atoms with Crippen molar-refractivity contribution in [1.82, 2.24) is 13.6 Å². The summed E-state index contributed by atoms with van der Waals surface area (Å²) in [5.74, 6) is -2.93. The molecule has 2 heterocycles. The molecule has 10 heteroatoms. The lowest BCUT2D eigenvalue weighted by atomic mass is 9.75. The zero-order valence-electron chi connectivity index (χ0n) is 18.8. The summed E-state index contributed by atoms with van der Waals surface area (Å²) >= 11 is 1.27. The van der Waals surface area contributed by atoms with Crippen LogP contribution in [0, 0.1) is 19.3 Å². The normalized spacial score (nSPS) is 28.6. The zero-order valence-corrected chi connectivity index (χ0v) is 20.5. The Morgan fingerprint density at radius 1 is 1.27 bits per heavy atom. The van der Waals surface area contributed by atoms with E-state index in [2.05, 4.69) is 4.37 Å².